The van der Waals surface area contributed by atoms with E-state index in [-0.39, 0.29) is 17.2 Å². The Morgan fingerprint density at radius 3 is 2.55 bits per heavy atom. The van der Waals surface area contributed by atoms with E-state index in [1.807, 2.05) is 12.1 Å². The summed E-state index contributed by atoms with van der Waals surface area (Å²) in [6.07, 6.45) is -7.46. The van der Waals surface area contributed by atoms with Gasteiger partial charge in [-0.3, -0.25) is 4.79 Å². The van der Waals surface area contributed by atoms with Gasteiger partial charge in [-0.15, -0.1) is 16.4 Å². The molecule has 2 heterocycles. The van der Waals surface area contributed by atoms with E-state index in [2.05, 4.69) is 10.3 Å². The minimum Gasteiger partial charge on any atom is -0.493 e. The summed E-state index contributed by atoms with van der Waals surface area (Å²) in [5.74, 6) is 0.0245. The highest BCUT2D eigenvalue weighted by molar-refractivity contribution is 7.22. The van der Waals surface area contributed by atoms with E-state index < -0.39 is 24.4 Å². The molecule has 0 fully saturated rings. The van der Waals surface area contributed by atoms with Crippen LogP contribution in [0.2, 0.25) is 5.02 Å². The predicted molar refractivity (Wildman–Crippen MR) is 118 cm³/mol. The number of thiophene rings is 1. The first-order chi connectivity index (χ1) is 15.7. The fourth-order valence-corrected chi connectivity index (χ4v) is 4.08. The molecule has 0 aliphatic rings. The number of rotatable bonds is 6. The Balaban J connectivity index is 1.66. The van der Waals surface area contributed by atoms with E-state index in [0.29, 0.717) is 15.2 Å². The summed E-state index contributed by atoms with van der Waals surface area (Å²) in [4.78, 5) is 13.9. The largest absolute Gasteiger partial charge is 0.493 e. The van der Waals surface area contributed by atoms with Crippen molar-refractivity contribution in [2.45, 2.75) is 12.3 Å². The fourth-order valence-electron chi connectivity index (χ4n) is 2.93. The van der Waals surface area contributed by atoms with Gasteiger partial charge in [-0.2, -0.15) is 17.9 Å². The fraction of sp³-hybridized carbons (Fsp3) is 0.190. The Morgan fingerprint density at radius 2 is 1.88 bits per heavy atom. The lowest BCUT2D eigenvalue weighted by Gasteiger charge is -2.17. The number of nitrogens with zero attached hydrogens (tertiary/aromatic N) is 3. The number of fused-ring (bicyclic) bond motifs is 1. The summed E-state index contributed by atoms with van der Waals surface area (Å²) in [5, 5.41) is 17.8. The van der Waals surface area contributed by atoms with Crippen molar-refractivity contribution in [3.8, 4) is 27.6 Å². The molecule has 4 rings (SSSR count). The minimum atomic E-state index is -4.81. The molecule has 7 nitrogen and oxygen atoms in total. The van der Waals surface area contributed by atoms with Crippen molar-refractivity contribution >= 4 is 33.2 Å². The lowest BCUT2D eigenvalue weighted by atomic mass is 10.2. The van der Waals surface area contributed by atoms with E-state index >= 15 is 0 Å². The maximum Gasteiger partial charge on any atom is 0.417 e. The molecule has 1 unspecified atom stereocenters. The molecule has 0 amide bonds. The number of aliphatic hydroxyl groups is 1. The third-order valence-electron chi connectivity index (χ3n) is 4.64. The van der Waals surface area contributed by atoms with Gasteiger partial charge in [0.25, 0.3) is 5.56 Å². The number of alkyl halides is 3. The number of halogens is 4. The van der Waals surface area contributed by atoms with Gasteiger partial charge < -0.3 is 14.6 Å². The van der Waals surface area contributed by atoms with Gasteiger partial charge in [-0.05, 0) is 35.9 Å². The van der Waals surface area contributed by atoms with Crippen LogP contribution >= 0.6 is 22.9 Å². The van der Waals surface area contributed by atoms with Crippen LogP contribution in [0.4, 0.5) is 13.2 Å². The molecule has 0 saturated heterocycles. The van der Waals surface area contributed by atoms with E-state index in [4.69, 9.17) is 26.2 Å². The average Bonchev–Trinajstić information content (AvgIpc) is 3.23. The van der Waals surface area contributed by atoms with Gasteiger partial charge in [0.05, 0.1) is 12.8 Å². The van der Waals surface area contributed by atoms with Crippen molar-refractivity contribution in [1.82, 2.24) is 15.0 Å². The zero-order chi connectivity index (χ0) is 23.8. The van der Waals surface area contributed by atoms with E-state index in [1.165, 1.54) is 36.6 Å². The normalized spacial score (nSPS) is 12.7. The molecule has 1 N–H and O–H groups in total. The van der Waals surface area contributed by atoms with Gasteiger partial charge in [0, 0.05) is 16.0 Å². The maximum atomic E-state index is 13.1. The van der Waals surface area contributed by atoms with E-state index in [0.717, 1.165) is 15.1 Å². The summed E-state index contributed by atoms with van der Waals surface area (Å²) in [6.45, 7) is -1.01. The van der Waals surface area contributed by atoms with Crippen LogP contribution in [0, 0.1) is 0 Å². The standard InChI is InChI=1S/C21H15ClF3N3O4S/c1-31-16-8-13(6-7-15(16)32-10-18(29)21(23,24)25)28-20(30)19-14(26-27-28)9-17(33-19)11-2-4-12(22)5-3-11/h2-9,18,29H,10H2,1H3. The molecule has 0 spiro atoms. The van der Waals surface area contributed by atoms with Crippen molar-refractivity contribution in [2.24, 2.45) is 0 Å². The smallest absolute Gasteiger partial charge is 0.417 e. The molecule has 33 heavy (non-hydrogen) atoms. The minimum absolute atomic E-state index is 0.0345. The van der Waals surface area contributed by atoms with Crippen LogP contribution in [-0.4, -0.2) is 46.1 Å². The Kier molecular flexibility index (Phi) is 6.28. The molecule has 1 atom stereocenters. The van der Waals surface area contributed by atoms with E-state index in [1.54, 1.807) is 18.2 Å². The Morgan fingerprint density at radius 1 is 1.15 bits per heavy atom. The van der Waals surface area contributed by atoms with Gasteiger partial charge in [-0.1, -0.05) is 28.9 Å². The molecule has 172 valence electrons. The number of ether oxygens (including phenoxy) is 2. The van der Waals surface area contributed by atoms with Crippen LogP contribution in [0.15, 0.2) is 53.3 Å². The van der Waals surface area contributed by atoms with Crippen molar-refractivity contribution < 1.29 is 27.8 Å². The zero-order valence-corrected chi connectivity index (χ0v) is 18.4. The average molecular weight is 498 g/mol. The molecular weight excluding hydrogens is 483 g/mol. The highest BCUT2D eigenvalue weighted by Gasteiger charge is 2.38. The molecule has 0 aliphatic heterocycles. The van der Waals surface area contributed by atoms with Crippen molar-refractivity contribution in [3.05, 3.63) is 63.9 Å². The molecule has 0 bridgehead atoms. The second kappa shape index (κ2) is 9.00. The van der Waals surface area contributed by atoms with Gasteiger partial charge >= 0.3 is 6.18 Å². The Hall–Kier alpha value is -3.15. The third-order valence-corrected chi connectivity index (χ3v) is 6.05. The van der Waals surface area contributed by atoms with Crippen LogP contribution in [0.1, 0.15) is 0 Å². The second-order valence-corrected chi connectivity index (χ2v) is 8.33. The number of hydrogen-bond acceptors (Lipinski definition) is 7. The monoisotopic (exact) mass is 497 g/mol. The lowest BCUT2D eigenvalue weighted by Crippen LogP contribution is -2.34. The Bertz CT molecular complexity index is 1360. The molecule has 2 aromatic heterocycles. The number of methoxy groups -OCH3 is 1. The van der Waals surface area contributed by atoms with Crippen LogP contribution in [0.3, 0.4) is 0 Å². The maximum absolute atomic E-state index is 13.1. The number of aliphatic hydroxyl groups excluding tert-OH is 1. The van der Waals surface area contributed by atoms with Crippen LogP contribution in [0.5, 0.6) is 11.5 Å². The molecular formula is C21H15ClF3N3O4S. The van der Waals surface area contributed by atoms with Gasteiger partial charge in [0.15, 0.2) is 17.6 Å². The van der Waals surface area contributed by atoms with Gasteiger partial charge in [-0.25, -0.2) is 0 Å². The number of hydrogen-bond donors (Lipinski definition) is 1. The molecule has 4 aromatic rings. The van der Waals surface area contributed by atoms with Crippen molar-refractivity contribution in [2.75, 3.05) is 13.7 Å². The van der Waals surface area contributed by atoms with Crippen LogP contribution in [0.25, 0.3) is 26.3 Å². The number of benzene rings is 2. The zero-order valence-electron chi connectivity index (χ0n) is 16.8. The van der Waals surface area contributed by atoms with Gasteiger partial charge in [0.2, 0.25) is 0 Å². The summed E-state index contributed by atoms with van der Waals surface area (Å²) in [5.41, 5.74) is 1.15. The van der Waals surface area contributed by atoms with Gasteiger partial charge in [0.1, 0.15) is 16.8 Å². The molecule has 0 radical (unpaired) electrons. The Labute approximate surface area is 193 Å². The quantitative estimate of drug-likeness (QED) is 0.423. The summed E-state index contributed by atoms with van der Waals surface area (Å²) in [7, 11) is 1.29. The lowest BCUT2D eigenvalue weighted by molar-refractivity contribution is -0.210. The van der Waals surface area contributed by atoms with Crippen molar-refractivity contribution in [3.63, 3.8) is 0 Å². The van der Waals surface area contributed by atoms with Crippen LogP contribution < -0.4 is 15.0 Å². The highest BCUT2D eigenvalue weighted by Crippen LogP contribution is 2.33. The predicted octanol–water partition coefficient (Wildman–Crippen LogP) is 4.47. The second-order valence-electron chi connectivity index (χ2n) is 6.84. The summed E-state index contributed by atoms with van der Waals surface area (Å²) in [6, 6.07) is 13.0. The molecule has 0 saturated carbocycles. The first-order valence-corrected chi connectivity index (χ1v) is 10.6. The molecule has 0 aliphatic carbocycles. The summed E-state index contributed by atoms with van der Waals surface area (Å²) < 4.78 is 49.1. The topological polar surface area (TPSA) is 86.5 Å². The highest BCUT2D eigenvalue weighted by atomic mass is 35.5. The number of aromatic nitrogens is 3. The van der Waals surface area contributed by atoms with Crippen LogP contribution in [-0.2, 0) is 0 Å². The first kappa shape index (κ1) is 23.0. The third kappa shape index (κ3) is 4.80. The SMILES string of the molecule is COc1cc(-n2nnc3cc(-c4ccc(Cl)cc4)sc3c2=O)ccc1OCC(O)C(F)(F)F. The summed E-state index contributed by atoms with van der Waals surface area (Å²) >= 11 is 7.18. The molecule has 12 heteroatoms. The van der Waals surface area contributed by atoms with E-state index in [9.17, 15) is 18.0 Å². The molecule has 2 aromatic carbocycles. The van der Waals surface area contributed by atoms with Crippen molar-refractivity contribution in [1.29, 1.82) is 0 Å². The first-order valence-electron chi connectivity index (χ1n) is 9.39.